The van der Waals surface area contributed by atoms with Crippen LogP contribution < -0.4 is 5.69 Å². The number of likely N-dealkylation sites (N-methyl/N-ethyl adjacent to an activating group) is 1. The number of amides is 2. The van der Waals surface area contributed by atoms with Crippen LogP contribution in [0.3, 0.4) is 0 Å². The Kier molecular flexibility index (Phi) is 6.08. The number of hydrogen-bond acceptors (Lipinski definition) is 4. The quantitative estimate of drug-likeness (QED) is 0.588. The average Bonchev–Trinajstić information content (AvgIpc) is 3.24. The summed E-state index contributed by atoms with van der Waals surface area (Å²) in [5.74, 6) is 0.254. The third-order valence-corrected chi connectivity index (χ3v) is 6.65. The zero-order valence-electron chi connectivity index (χ0n) is 19.3. The van der Waals surface area contributed by atoms with Gasteiger partial charge in [-0.25, -0.2) is 13.9 Å². The fourth-order valence-corrected chi connectivity index (χ4v) is 4.96. The Hall–Kier alpha value is -3.10. The standard InChI is InChI=1S/C23H32N6O3/c1-5-25(6-2)20(30)15-27-23(32)29-19-13-8-7-12-18(19)26(22(29)24-27)14-21(31)28-16(3)10-9-11-17(28)4/h7-8,12-13,16-17H,5-6,9-11,14-15H2,1-4H3/t16-,17-/m0/s1. The van der Waals surface area contributed by atoms with Gasteiger partial charge in [-0.3, -0.25) is 14.2 Å². The second-order valence-electron chi connectivity index (χ2n) is 8.65. The van der Waals surface area contributed by atoms with Crippen LogP contribution in [0, 0.1) is 0 Å². The molecule has 3 heterocycles. The van der Waals surface area contributed by atoms with Crippen LogP contribution in [0.5, 0.6) is 0 Å². The maximum Gasteiger partial charge on any atom is 0.352 e. The summed E-state index contributed by atoms with van der Waals surface area (Å²) < 4.78 is 4.50. The van der Waals surface area contributed by atoms with Gasteiger partial charge in [-0.1, -0.05) is 12.1 Å². The van der Waals surface area contributed by atoms with Crippen molar-refractivity contribution in [2.45, 2.75) is 72.1 Å². The Bertz CT molecular complexity index is 1190. The van der Waals surface area contributed by atoms with E-state index in [1.54, 1.807) is 9.47 Å². The van der Waals surface area contributed by atoms with Crippen LogP contribution >= 0.6 is 0 Å². The van der Waals surface area contributed by atoms with E-state index in [2.05, 4.69) is 18.9 Å². The molecule has 3 aromatic rings. The molecule has 1 aromatic carbocycles. The lowest BCUT2D eigenvalue weighted by molar-refractivity contribution is -0.137. The van der Waals surface area contributed by atoms with Crippen molar-refractivity contribution in [3.63, 3.8) is 0 Å². The number of likely N-dealkylation sites (tertiary alicyclic amines) is 1. The molecule has 0 radical (unpaired) electrons. The third-order valence-electron chi connectivity index (χ3n) is 6.65. The number of aromatic nitrogens is 4. The Morgan fingerprint density at radius 2 is 1.66 bits per heavy atom. The topological polar surface area (TPSA) is 84.8 Å². The van der Waals surface area contributed by atoms with Gasteiger partial charge in [0.1, 0.15) is 13.1 Å². The Labute approximate surface area is 187 Å². The Balaban J connectivity index is 1.75. The van der Waals surface area contributed by atoms with E-state index in [-0.39, 0.29) is 42.7 Å². The van der Waals surface area contributed by atoms with Gasteiger partial charge >= 0.3 is 5.69 Å². The fourth-order valence-electron chi connectivity index (χ4n) is 4.96. The van der Waals surface area contributed by atoms with Crippen molar-refractivity contribution in [1.82, 2.24) is 28.5 Å². The summed E-state index contributed by atoms with van der Waals surface area (Å²) >= 11 is 0. The smallest absolute Gasteiger partial charge is 0.342 e. The average molecular weight is 441 g/mol. The minimum absolute atomic E-state index is 0.0224. The molecule has 1 saturated heterocycles. The molecule has 2 atom stereocenters. The summed E-state index contributed by atoms with van der Waals surface area (Å²) in [4.78, 5) is 42.7. The van der Waals surface area contributed by atoms with Gasteiger partial charge in [-0.05, 0) is 59.1 Å². The predicted molar refractivity (Wildman–Crippen MR) is 122 cm³/mol. The van der Waals surface area contributed by atoms with Crippen molar-refractivity contribution >= 4 is 28.6 Å². The van der Waals surface area contributed by atoms with Crippen LogP contribution in [0.4, 0.5) is 0 Å². The highest BCUT2D eigenvalue weighted by molar-refractivity contribution is 5.85. The van der Waals surface area contributed by atoms with Crippen molar-refractivity contribution in [1.29, 1.82) is 0 Å². The number of para-hydroxylation sites is 2. The van der Waals surface area contributed by atoms with E-state index in [0.717, 1.165) is 24.8 Å². The molecular formula is C23H32N6O3. The summed E-state index contributed by atoms with van der Waals surface area (Å²) in [6.45, 7) is 9.13. The highest BCUT2D eigenvalue weighted by Crippen LogP contribution is 2.24. The maximum atomic E-state index is 13.3. The summed E-state index contributed by atoms with van der Waals surface area (Å²) in [6, 6.07) is 7.86. The number of benzene rings is 1. The second kappa shape index (κ2) is 8.80. The van der Waals surface area contributed by atoms with Crippen LogP contribution in [0.15, 0.2) is 29.1 Å². The monoisotopic (exact) mass is 440 g/mol. The SMILES string of the molecule is CCN(CC)C(=O)Cn1nc2n(CC(=O)N3[C@@H](C)CCC[C@@H]3C)c3ccccc3n2c1=O. The molecule has 0 N–H and O–H groups in total. The van der Waals surface area contributed by atoms with E-state index in [0.29, 0.717) is 24.4 Å². The first kappa shape index (κ1) is 22.1. The summed E-state index contributed by atoms with van der Waals surface area (Å²) in [5, 5.41) is 4.49. The zero-order valence-corrected chi connectivity index (χ0v) is 19.3. The number of carbonyl (C=O) groups excluding carboxylic acids is 2. The van der Waals surface area contributed by atoms with Crippen molar-refractivity contribution in [3.8, 4) is 0 Å². The minimum Gasteiger partial charge on any atom is -0.342 e. The molecule has 0 spiro atoms. The normalized spacial score (nSPS) is 19.1. The number of nitrogens with zero attached hydrogens (tertiary/aromatic N) is 6. The summed E-state index contributed by atoms with van der Waals surface area (Å²) in [7, 11) is 0. The molecule has 0 unspecified atom stereocenters. The number of rotatable bonds is 6. The van der Waals surface area contributed by atoms with Gasteiger partial charge in [-0.2, -0.15) is 0 Å². The lowest BCUT2D eigenvalue weighted by atomic mass is 9.97. The molecule has 9 heteroatoms. The van der Waals surface area contributed by atoms with E-state index >= 15 is 0 Å². The van der Waals surface area contributed by atoms with Gasteiger partial charge < -0.3 is 9.80 Å². The number of fused-ring (bicyclic) bond motifs is 3. The highest BCUT2D eigenvalue weighted by atomic mass is 16.2. The fraction of sp³-hybridized carbons (Fsp3) is 0.565. The van der Waals surface area contributed by atoms with Crippen molar-refractivity contribution in [3.05, 3.63) is 34.7 Å². The number of hydrogen-bond donors (Lipinski definition) is 0. The van der Waals surface area contributed by atoms with E-state index in [9.17, 15) is 14.4 Å². The number of imidazole rings is 1. The molecule has 0 saturated carbocycles. The summed E-state index contributed by atoms with van der Waals surface area (Å²) in [6.07, 6.45) is 3.13. The second-order valence-corrected chi connectivity index (χ2v) is 8.65. The Morgan fingerprint density at radius 3 is 2.28 bits per heavy atom. The van der Waals surface area contributed by atoms with Gasteiger partial charge in [-0.15, -0.1) is 5.10 Å². The first-order chi connectivity index (χ1) is 15.4. The van der Waals surface area contributed by atoms with Gasteiger partial charge in [0.15, 0.2) is 0 Å². The van der Waals surface area contributed by atoms with Crippen molar-refractivity contribution in [2.75, 3.05) is 13.1 Å². The van der Waals surface area contributed by atoms with E-state index in [1.807, 2.05) is 43.0 Å². The molecule has 1 fully saturated rings. The van der Waals surface area contributed by atoms with Gasteiger partial charge in [0.2, 0.25) is 17.6 Å². The van der Waals surface area contributed by atoms with Crippen molar-refractivity contribution in [2.24, 2.45) is 0 Å². The molecule has 4 rings (SSSR count). The van der Waals surface area contributed by atoms with Crippen LogP contribution in [0.2, 0.25) is 0 Å². The van der Waals surface area contributed by atoms with E-state index in [4.69, 9.17) is 0 Å². The maximum absolute atomic E-state index is 13.3. The molecule has 172 valence electrons. The van der Waals surface area contributed by atoms with E-state index < -0.39 is 0 Å². The Morgan fingerprint density at radius 1 is 1.03 bits per heavy atom. The van der Waals surface area contributed by atoms with Crippen LogP contribution in [-0.2, 0) is 22.7 Å². The number of piperidine rings is 1. The lowest BCUT2D eigenvalue weighted by Gasteiger charge is -2.39. The van der Waals surface area contributed by atoms with Gasteiger partial charge in [0, 0.05) is 25.2 Å². The molecule has 32 heavy (non-hydrogen) atoms. The van der Waals surface area contributed by atoms with E-state index in [1.165, 1.54) is 9.08 Å². The third kappa shape index (κ3) is 3.69. The largest absolute Gasteiger partial charge is 0.352 e. The molecule has 2 aromatic heterocycles. The van der Waals surface area contributed by atoms with Crippen molar-refractivity contribution < 1.29 is 9.59 Å². The summed E-state index contributed by atoms with van der Waals surface area (Å²) in [5.41, 5.74) is 1.09. The molecule has 1 aliphatic rings. The minimum atomic E-state index is -0.373. The molecule has 9 nitrogen and oxygen atoms in total. The number of carbonyl (C=O) groups is 2. The predicted octanol–water partition coefficient (Wildman–Crippen LogP) is 2.11. The van der Waals surface area contributed by atoms with Gasteiger partial charge in [0.25, 0.3) is 0 Å². The highest BCUT2D eigenvalue weighted by Gasteiger charge is 2.30. The van der Waals surface area contributed by atoms with Crippen LogP contribution in [-0.4, -0.2) is 65.5 Å². The lowest BCUT2D eigenvalue weighted by Crippen LogP contribution is -2.48. The van der Waals surface area contributed by atoms with Crippen LogP contribution in [0.1, 0.15) is 47.0 Å². The first-order valence-electron chi connectivity index (χ1n) is 11.5. The molecule has 0 aliphatic carbocycles. The van der Waals surface area contributed by atoms with Gasteiger partial charge in [0.05, 0.1) is 11.0 Å². The molecule has 0 bridgehead atoms. The molecule has 2 amide bonds. The van der Waals surface area contributed by atoms with Crippen LogP contribution in [0.25, 0.3) is 16.8 Å². The zero-order chi connectivity index (χ0) is 23.0. The first-order valence-corrected chi connectivity index (χ1v) is 11.5. The molecule has 1 aliphatic heterocycles. The molecular weight excluding hydrogens is 408 g/mol.